The fourth-order valence-electron chi connectivity index (χ4n) is 3.92. The highest BCUT2D eigenvalue weighted by Gasteiger charge is 2.29. The van der Waals surface area contributed by atoms with Crippen LogP contribution < -0.4 is 0 Å². The van der Waals surface area contributed by atoms with Crippen molar-refractivity contribution < 1.29 is 42.4 Å². The quantitative estimate of drug-likeness (QED) is 0.0387. The van der Waals surface area contributed by atoms with Crippen molar-refractivity contribution in [1.82, 2.24) is 0 Å². The van der Waals surface area contributed by atoms with Crippen LogP contribution in [0, 0.1) is 0 Å². The Labute approximate surface area is 232 Å². The molecular formula is C28H59NO8P+. The molecule has 0 spiro atoms. The van der Waals surface area contributed by atoms with Gasteiger partial charge in [0.1, 0.15) is 12.7 Å². The summed E-state index contributed by atoms with van der Waals surface area (Å²) in [5.74, 6) is -0.529. The maximum absolute atomic E-state index is 12.1. The van der Waals surface area contributed by atoms with Crippen LogP contribution in [0.3, 0.4) is 0 Å². The minimum absolute atomic E-state index is 0.0693. The second-order valence-corrected chi connectivity index (χ2v) is 12.7. The Balaban J connectivity index is 3.79. The summed E-state index contributed by atoms with van der Waals surface area (Å²) in [6.45, 7) is 3.41. The molecule has 0 aliphatic heterocycles. The largest absolute Gasteiger partial charge is 0.472 e. The van der Waals surface area contributed by atoms with Crippen molar-refractivity contribution >= 4 is 13.8 Å². The molecule has 0 rings (SSSR count). The van der Waals surface area contributed by atoms with E-state index in [-0.39, 0.29) is 24.3 Å². The first-order valence-electron chi connectivity index (χ1n) is 14.8. The van der Waals surface area contributed by atoms with Crippen LogP contribution in [0.4, 0.5) is 0 Å². The van der Waals surface area contributed by atoms with Crippen molar-refractivity contribution in [2.24, 2.45) is 0 Å². The number of esters is 1. The van der Waals surface area contributed by atoms with Gasteiger partial charge in [0, 0.05) is 13.5 Å². The third-order valence-corrected chi connectivity index (χ3v) is 7.43. The highest BCUT2D eigenvalue weighted by Crippen LogP contribution is 2.43. The summed E-state index contributed by atoms with van der Waals surface area (Å²) < 4.78 is 32.8. The lowest BCUT2D eigenvalue weighted by Crippen LogP contribution is -2.47. The van der Waals surface area contributed by atoms with Gasteiger partial charge in [-0.25, -0.2) is 4.57 Å². The lowest BCUT2D eigenvalue weighted by Gasteiger charge is -2.29. The van der Waals surface area contributed by atoms with Gasteiger partial charge in [-0.1, -0.05) is 103 Å². The summed E-state index contributed by atoms with van der Waals surface area (Å²) in [5, 5.41) is 9.94. The van der Waals surface area contributed by atoms with Crippen molar-refractivity contribution in [3.8, 4) is 0 Å². The van der Waals surface area contributed by atoms with Gasteiger partial charge in [-0.15, -0.1) is 0 Å². The van der Waals surface area contributed by atoms with E-state index in [2.05, 4.69) is 6.92 Å². The number of aliphatic hydroxyl groups is 1. The lowest BCUT2D eigenvalue weighted by atomic mass is 10.0. The fourth-order valence-corrected chi connectivity index (χ4v) is 4.67. The van der Waals surface area contributed by atoms with Crippen molar-refractivity contribution in [2.75, 3.05) is 47.6 Å². The third-order valence-electron chi connectivity index (χ3n) is 6.48. The summed E-state index contributed by atoms with van der Waals surface area (Å²) in [6.07, 6.45) is 19.0. The number of unbranched alkanes of at least 4 members (excludes halogenated alkanes) is 15. The van der Waals surface area contributed by atoms with Crippen LogP contribution in [-0.4, -0.2) is 80.4 Å². The number of phosphoric ester groups is 1. The fraction of sp³-hybridized carbons (Fsp3) is 0.964. The number of hydrogen-bond acceptors (Lipinski definition) is 7. The number of phosphoric acid groups is 1. The molecule has 0 aliphatic carbocycles. The molecule has 0 radical (unpaired) electrons. The maximum Gasteiger partial charge on any atom is 0.472 e. The smallest absolute Gasteiger partial charge is 0.458 e. The molecule has 228 valence electrons. The topological polar surface area (TPSA) is 112 Å². The Morgan fingerprint density at radius 2 is 1.16 bits per heavy atom. The predicted molar refractivity (Wildman–Crippen MR) is 152 cm³/mol. The van der Waals surface area contributed by atoms with E-state index in [1.165, 1.54) is 96.8 Å². The normalized spacial score (nSPS) is 15.2. The van der Waals surface area contributed by atoms with Crippen LogP contribution in [0.25, 0.3) is 0 Å². The molecule has 0 aromatic heterocycles. The molecule has 0 aromatic rings. The van der Waals surface area contributed by atoms with E-state index in [9.17, 15) is 19.4 Å². The molecular weight excluding hydrogens is 509 g/mol. The van der Waals surface area contributed by atoms with E-state index >= 15 is 0 Å². The molecule has 0 saturated carbocycles. The summed E-state index contributed by atoms with van der Waals surface area (Å²) in [5.41, 5.74) is 0. The minimum atomic E-state index is -4.41. The molecule has 2 N–H and O–H groups in total. The standard InChI is InChI=1S/C28H58NO8P/c1-6-7-8-9-10-11-12-13-14-15-16-17-18-19-20-21-22-34-23-27(37-26(2)30)24-35-38(32,33)36-25-28(31)29(3,4)5/h27-28,31H,6-25H2,1-5H3/p+1. The van der Waals surface area contributed by atoms with Crippen LogP contribution in [0.15, 0.2) is 0 Å². The highest BCUT2D eigenvalue weighted by molar-refractivity contribution is 7.47. The van der Waals surface area contributed by atoms with E-state index in [0.717, 1.165) is 12.8 Å². The molecule has 3 atom stereocenters. The van der Waals surface area contributed by atoms with Gasteiger partial charge >= 0.3 is 13.8 Å². The van der Waals surface area contributed by atoms with Crippen LogP contribution in [0.1, 0.15) is 117 Å². The molecule has 3 unspecified atom stereocenters. The first kappa shape index (κ1) is 37.5. The zero-order valence-electron chi connectivity index (χ0n) is 25.0. The number of aliphatic hydroxyl groups excluding tert-OH is 1. The first-order valence-corrected chi connectivity index (χ1v) is 16.3. The zero-order valence-corrected chi connectivity index (χ0v) is 25.9. The van der Waals surface area contributed by atoms with E-state index < -0.39 is 26.1 Å². The summed E-state index contributed by atoms with van der Waals surface area (Å²) in [4.78, 5) is 21.2. The summed E-state index contributed by atoms with van der Waals surface area (Å²) >= 11 is 0. The number of nitrogens with zero attached hydrogens (tertiary/aromatic N) is 1. The first-order chi connectivity index (χ1) is 18.0. The van der Waals surface area contributed by atoms with Crippen molar-refractivity contribution in [2.45, 2.75) is 129 Å². The van der Waals surface area contributed by atoms with E-state index in [1.54, 1.807) is 21.1 Å². The molecule has 0 bridgehead atoms. The monoisotopic (exact) mass is 568 g/mol. The van der Waals surface area contributed by atoms with Gasteiger partial charge in [-0.3, -0.25) is 13.8 Å². The Bertz CT molecular complexity index is 614. The predicted octanol–water partition coefficient (Wildman–Crippen LogP) is 6.35. The number of rotatable bonds is 27. The maximum atomic E-state index is 12.1. The number of carbonyl (C=O) groups excluding carboxylic acids is 1. The SMILES string of the molecule is CCCCCCCCCCCCCCCCCCOCC(COP(=O)(O)OCC(O)[N+](C)(C)C)OC(C)=O. The Hall–Kier alpha value is -0.540. The van der Waals surface area contributed by atoms with Crippen LogP contribution in [0.5, 0.6) is 0 Å². The van der Waals surface area contributed by atoms with E-state index in [4.69, 9.17) is 18.5 Å². The molecule has 0 heterocycles. The molecule has 0 saturated heterocycles. The molecule has 38 heavy (non-hydrogen) atoms. The van der Waals surface area contributed by atoms with Gasteiger partial charge in [0.2, 0.25) is 6.23 Å². The Kier molecular flexibility index (Phi) is 22.9. The van der Waals surface area contributed by atoms with Crippen molar-refractivity contribution in [3.63, 3.8) is 0 Å². The summed E-state index contributed by atoms with van der Waals surface area (Å²) in [6, 6.07) is 0. The number of carbonyl (C=O) groups is 1. The molecule has 0 amide bonds. The number of hydrogen-bond donors (Lipinski definition) is 2. The van der Waals surface area contributed by atoms with Gasteiger partial charge in [-0.2, -0.15) is 0 Å². The minimum Gasteiger partial charge on any atom is -0.458 e. The molecule has 10 heteroatoms. The van der Waals surface area contributed by atoms with Crippen LogP contribution >= 0.6 is 7.82 Å². The number of ether oxygens (including phenoxy) is 2. The average Bonchev–Trinajstić information content (AvgIpc) is 2.84. The van der Waals surface area contributed by atoms with E-state index in [0.29, 0.717) is 6.61 Å². The van der Waals surface area contributed by atoms with Crippen LogP contribution in [0.2, 0.25) is 0 Å². The molecule has 9 nitrogen and oxygen atoms in total. The van der Waals surface area contributed by atoms with Gasteiger partial charge in [0.25, 0.3) is 0 Å². The average molecular weight is 569 g/mol. The Morgan fingerprint density at radius 1 is 0.737 bits per heavy atom. The molecule has 0 fully saturated rings. The van der Waals surface area contributed by atoms with Gasteiger partial charge in [0.05, 0.1) is 34.4 Å². The van der Waals surface area contributed by atoms with Crippen molar-refractivity contribution in [3.05, 3.63) is 0 Å². The highest BCUT2D eigenvalue weighted by atomic mass is 31.2. The second kappa shape index (κ2) is 23.2. The molecule has 0 aliphatic rings. The number of likely N-dealkylation sites (N-methyl/N-ethyl adjacent to an activating group) is 1. The lowest BCUT2D eigenvalue weighted by molar-refractivity contribution is -0.918. The number of quaternary nitrogens is 1. The molecule has 0 aromatic carbocycles. The van der Waals surface area contributed by atoms with Crippen molar-refractivity contribution in [1.29, 1.82) is 0 Å². The van der Waals surface area contributed by atoms with E-state index in [1.807, 2.05) is 0 Å². The zero-order chi connectivity index (χ0) is 28.7. The second-order valence-electron chi connectivity index (χ2n) is 11.3. The van der Waals surface area contributed by atoms with Gasteiger partial charge in [0.15, 0.2) is 0 Å². The van der Waals surface area contributed by atoms with Crippen LogP contribution in [-0.2, 0) is 27.9 Å². The Morgan fingerprint density at radius 3 is 1.58 bits per heavy atom. The van der Waals surface area contributed by atoms with Gasteiger partial charge in [-0.05, 0) is 6.42 Å². The summed E-state index contributed by atoms with van der Waals surface area (Å²) in [7, 11) is 0.772. The third kappa shape index (κ3) is 24.5. The van der Waals surface area contributed by atoms with Gasteiger partial charge < -0.3 is 24.0 Å².